The molecule has 2 heterocycles. The molecule has 0 unspecified atom stereocenters. The normalized spacial score (nSPS) is 11.4. The van der Waals surface area contributed by atoms with Gasteiger partial charge < -0.3 is 9.88 Å². The van der Waals surface area contributed by atoms with Crippen LogP contribution in [0.15, 0.2) is 39.9 Å². The second-order valence-corrected chi connectivity index (χ2v) is 6.12. The summed E-state index contributed by atoms with van der Waals surface area (Å²) in [5, 5.41) is 3.28. The van der Waals surface area contributed by atoms with Gasteiger partial charge >= 0.3 is 5.69 Å². The van der Waals surface area contributed by atoms with Crippen LogP contribution in [0.4, 0.5) is 5.95 Å². The van der Waals surface area contributed by atoms with Crippen molar-refractivity contribution in [3.05, 3.63) is 56.7 Å². The van der Waals surface area contributed by atoms with E-state index in [0.29, 0.717) is 23.7 Å². The summed E-state index contributed by atoms with van der Waals surface area (Å²) >= 11 is 0. The van der Waals surface area contributed by atoms with Gasteiger partial charge in [-0.2, -0.15) is 4.98 Å². The first-order valence-corrected chi connectivity index (χ1v) is 7.87. The summed E-state index contributed by atoms with van der Waals surface area (Å²) in [4.78, 5) is 29.2. The molecule has 0 aliphatic heterocycles. The quantitative estimate of drug-likeness (QED) is 0.790. The van der Waals surface area contributed by atoms with Crippen molar-refractivity contribution in [3.8, 4) is 0 Å². The van der Waals surface area contributed by atoms with Gasteiger partial charge in [-0.25, -0.2) is 4.79 Å². The topological polar surface area (TPSA) is 73.8 Å². The molecule has 0 amide bonds. The van der Waals surface area contributed by atoms with E-state index in [4.69, 9.17) is 0 Å². The first-order valence-electron chi connectivity index (χ1n) is 7.87. The van der Waals surface area contributed by atoms with Crippen LogP contribution in [0.5, 0.6) is 0 Å². The van der Waals surface area contributed by atoms with Crippen molar-refractivity contribution in [3.63, 3.8) is 0 Å². The predicted molar refractivity (Wildman–Crippen MR) is 94.4 cm³/mol. The van der Waals surface area contributed by atoms with Crippen LogP contribution in [0, 0.1) is 0 Å². The standard InChI is InChI=1S/C17H21N5O2/c1-11(2)22-13-14(20(3)17(24)21(4)15(13)23)19-16(22)18-10-12-8-6-5-7-9-12/h5-9,11H,10H2,1-4H3,(H,18,19). The van der Waals surface area contributed by atoms with Crippen molar-refractivity contribution in [2.24, 2.45) is 14.1 Å². The van der Waals surface area contributed by atoms with Crippen molar-refractivity contribution in [1.29, 1.82) is 0 Å². The Morgan fingerprint density at radius 2 is 1.75 bits per heavy atom. The fraction of sp³-hybridized carbons (Fsp3) is 0.353. The summed E-state index contributed by atoms with van der Waals surface area (Å²) in [7, 11) is 3.11. The zero-order chi connectivity index (χ0) is 17.4. The minimum atomic E-state index is -0.379. The molecule has 1 N–H and O–H groups in total. The minimum Gasteiger partial charge on any atom is -0.351 e. The number of imidazole rings is 1. The number of aromatic nitrogens is 4. The van der Waals surface area contributed by atoms with Crippen LogP contribution >= 0.6 is 0 Å². The number of aryl methyl sites for hydroxylation is 1. The zero-order valence-corrected chi connectivity index (χ0v) is 14.3. The van der Waals surface area contributed by atoms with E-state index in [1.807, 2.05) is 48.7 Å². The Morgan fingerprint density at radius 3 is 2.38 bits per heavy atom. The first kappa shape index (κ1) is 16.0. The summed E-state index contributed by atoms with van der Waals surface area (Å²) in [5.41, 5.74) is 1.23. The van der Waals surface area contributed by atoms with Gasteiger partial charge in [0, 0.05) is 26.7 Å². The molecule has 0 spiro atoms. The van der Waals surface area contributed by atoms with Gasteiger partial charge in [0.05, 0.1) is 0 Å². The Labute approximate surface area is 139 Å². The summed E-state index contributed by atoms with van der Waals surface area (Å²) in [5.74, 6) is 0.585. The second kappa shape index (κ2) is 5.99. The van der Waals surface area contributed by atoms with Crippen molar-refractivity contribution >= 4 is 17.1 Å². The lowest BCUT2D eigenvalue weighted by Crippen LogP contribution is -2.37. The first-order chi connectivity index (χ1) is 11.4. The molecule has 0 aliphatic rings. The lowest BCUT2D eigenvalue weighted by molar-refractivity contribution is 0.614. The van der Waals surface area contributed by atoms with Gasteiger partial charge in [0.25, 0.3) is 5.56 Å². The number of benzene rings is 1. The maximum Gasteiger partial charge on any atom is 0.332 e. The lowest BCUT2D eigenvalue weighted by Gasteiger charge is -2.14. The third-order valence-electron chi connectivity index (χ3n) is 4.10. The molecule has 126 valence electrons. The van der Waals surface area contributed by atoms with E-state index in [1.54, 1.807) is 7.05 Å². The molecule has 0 aliphatic carbocycles. The van der Waals surface area contributed by atoms with E-state index in [1.165, 1.54) is 11.6 Å². The Kier molecular flexibility index (Phi) is 4.01. The molecule has 3 aromatic rings. The van der Waals surface area contributed by atoms with E-state index < -0.39 is 0 Å². The Bertz CT molecular complexity index is 996. The van der Waals surface area contributed by atoms with Gasteiger partial charge in [0.15, 0.2) is 11.2 Å². The van der Waals surface area contributed by atoms with Crippen molar-refractivity contribution in [2.75, 3.05) is 5.32 Å². The number of anilines is 1. The number of nitrogens with zero attached hydrogens (tertiary/aromatic N) is 4. The highest BCUT2D eigenvalue weighted by Gasteiger charge is 2.20. The van der Waals surface area contributed by atoms with Crippen LogP contribution in [0.2, 0.25) is 0 Å². The third kappa shape index (κ3) is 2.51. The van der Waals surface area contributed by atoms with Gasteiger partial charge in [0.2, 0.25) is 5.95 Å². The summed E-state index contributed by atoms with van der Waals surface area (Å²) in [6, 6.07) is 9.98. The minimum absolute atomic E-state index is 0.0264. The summed E-state index contributed by atoms with van der Waals surface area (Å²) in [6.07, 6.45) is 0. The molecule has 7 heteroatoms. The van der Waals surface area contributed by atoms with Crippen molar-refractivity contribution < 1.29 is 0 Å². The van der Waals surface area contributed by atoms with E-state index in [-0.39, 0.29) is 17.3 Å². The third-order valence-corrected chi connectivity index (χ3v) is 4.10. The zero-order valence-electron chi connectivity index (χ0n) is 14.3. The smallest absolute Gasteiger partial charge is 0.332 e. The molecular formula is C17H21N5O2. The molecule has 24 heavy (non-hydrogen) atoms. The average molecular weight is 327 g/mol. The van der Waals surface area contributed by atoms with E-state index >= 15 is 0 Å². The molecule has 0 atom stereocenters. The molecular weight excluding hydrogens is 306 g/mol. The van der Waals surface area contributed by atoms with Gasteiger partial charge in [-0.1, -0.05) is 30.3 Å². The molecule has 0 radical (unpaired) electrons. The monoisotopic (exact) mass is 327 g/mol. The van der Waals surface area contributed by atoms with E-state index in [9.17, 15) is 9.59 Å². The van der Waals surface area contributed by atoms with Gasteiger partial charge in [-0.15, -0.1) is 0 Å². The Morgan fingerprint density at radius 1 is 1.08 bits per heavy atom. The van der Waals surface area contributed by atoms with Crippen molar-refractivity contribution in [2.45, 2.75) is 26.4 Å². The van der Waals surface area contributed by atoms with Crippen LogP contribution in [-0.4, -0.2) is 18.7 Å². The fourth-order valence-corrected chi connectivity index (χ4v) is 2.82. The number of rotatable bonds is 4. The van der Waals surface area contributed by atoms with Crippen LogP contribution in [0.25, 0.3) is 11.2 Å². The molecule has 2 aromatic heterocycles. The predicted octanol–water partition coefficient (Wildman–Crippen LogP) is 1.63. The highest BCUT2D eigenvalue weighted by molar-refractivity contribution is 5.74. The van der Waals surface area contributed by atoms with Crippen molar-refractivity contribution in [1.82, 2.24) is 18.7 Å². The number of fused-ring (bicyclic) bond motifs is 1. The van der Waals surface area contributed by atoms with Gasteiger partial charge in [-0.3, -0.25) is 13.9 Å². The Hall–Kier alpha value is -2.83. The highest BCUT2D eigenvalue weighted by Crippen LogP contribution is 2.21. The number of nitrogens with one attached hydrogen (secondary N) is 1. The van der Waals surface area contributed by atoms with Crippen LogP contribution in [0.1, 0.15) is 25.5 Å². The SMILES string of the molecule is CC(C)n1c(NCc2ccccc2)nc2c1c(=O)n(C)c(=O)n2C. The van der Waals surface area contributed by atoms with Crippen LogP contribution < -0.4 is 16.6 Å². The average Bonchev–Trinajstić information content (AvgIpc) is 2.97. The van der Waals surface area contributed by atoms with E-state index in [0.717, 1.165) is 10.1 Å². The molecule has 0 fully saturated rings. The maximum absolute atomic E-state index is 12.6. The lowest BCUT2D eigenvalue weighted by atomic mass is 10.2. The van der Waals surface area contributed by atoms with E-state index in [2.05, 4.69) is 10.3 Å². The molecule has 0 bridgehead atoms. The molecule has 0 saturated carbocycles. The maximum atomic E-state index is 12.6. The molecule has 0 saturated heterocycles. The Balaban J connectivity index is 2.16. The van der Waals surface area contributed by atoms with Gasteiger partial charge in [-0.05, 0) is 19.4 Å². The largest absolute Gasteiger partial charge is 0.351 e. The number of hydrogen-bond acceptors (Lipinski definition) is 4. The van der Waals surface area contributed by atoms with Crippen LogP contribution in [0.3, 0.4) is 0 Å². The second-order valence-electron chi connectivity index (χ2n) is 6.12. The molecule has 3 rings (SSSR count). The summed E-state index contributed by atoms with van der Waals surface area (Å²) < 4.78 is 4.37. The summed E-state index contributed by atoms with van der Waals surface area (Å²) in [6.45, 7) is 4.56. The highest BCUT2D eigenvalue weighted by atomic mass is 16.2. The number of hydrogen-bond donors (Lipinski definition) is 1. The molecule has 1 aromatic carbocycles. The van der Waals surface area contributed by atoms with Crippen LogP contribution in [-0.2, 0) is 20.6 Å². The van der Waals surface area contributed by atoms with Gasteiger partial charge in [0.1, 0.15) is 0 Å². The fourth-order valence-electron chi connectivity index (χ4n) is 2.82. The molecule has 7 nitrogen and oxygen atoms in total.